The standard InChI is InChI=1S/C29H42N2O5/c1-3-23-14-15-24(36-23)19-31-17-6-4-5-9-21-10-7-13-25(29(34)30(2)22-11-8-12-22)28(21)35-20-27(33)26(32)16-18-31/h7,10,13-15,22,26-27,32-33H,3-6,8-9,11-12,16-20H2,1-2H3/t26-,27+/m0/s1. The number of furan rings is 1. The molecule has 1 aromatic heterocycles. The van der Waals surface area contributed by atoms with Crippen LogP contribution in [0, 0.1) is 0 Å². The van der Waals surface area contributed by atoms with Crippen molar-refractivity contribution >= 4 is 5.91 Å². The van der Waals surface area contributed by atoms with E-state index in [2.05, 4.69) is 11.8 Å². The lowest BCUT2D eigenvalue weighted by Gasteiger charge is -2.35. The smallest absolute Gasteiger partial charge is 0.257 e. The van der Waals surface area contributed by atoms with Gasteiger partial charge in [0.15, 0.2) is 0 Å². The normalized spacial score (nSPS) is 22.7. The highest BCUT2D eigenvalue weighted by molar-refractivity contribution is 5.97. The van der Waals surface area contributed by atoms with Crippen LogP contribution in [0.1, 0.15) is 79.3 Å². The maximum atomic E-state index is 13.3. The van der Waals surface area contributed by atoms with Gasteiger partial charge in [-0.1, -0.05) is 25.5 Å². The molecule has 0 saturated heterocycles. The van der Waals surface area contributed by atoms with Gasteiger partial charge < -0.3 is 24.3 Å². The molecule has 0 spiro atoms. The molecule has 0 radical (unpaired) electrons. The minimum atomic E-state index is -1.04. The first-order valence-corrected chi connectivity index (χ1v) is 13.6. The van der Waals surface area contributed by atoms with Crippen molar-refractivity contribution in [2.75, 3.05) is 26.7 Å². The van der Waals surface area contributed by atoms with Gasteiger partial charge >= 0.3 is 0 Å². The van der Waals surface area contributed by atoms with E-state index in [1.165, 1.54) is 0 Å². The number of hydrogen-bond acceptors (Lipinski definition) is 6. The summed E-state index contributed by atoms with van der Waals surface area (Å²) < 4.78 is 12.0. The number of rotatable bonds is 5. The lowest BCUT2D eigenvalue weighted by Crippen LogP contribution is -2.41. The summed E-state index contributed by atoms with van der Waals surface area (Å²) in [6.45, 7) is 4.28. The van der Waals surface area contributed by atoms with Crippen LogP contribution in [0.4, 0.5) is 0 Å². The number of carbonyl (C=O) groups is 1. The Bertz CT molecular complexity index is 986. The molecule has 7 nitrogen and oxygen atoms in total. The van der Waals surface area contributed by atoms with E-state index < -0.39 is 12.2 Å². The van der Waals surface area contributed by atoms with E-state index in [1.807, 2.05) is 42.3 Å². The minimum absolute atomic E-state index is 0.0347. The first-order valence-electron chi connectivity index (χ1n) is 13.6. The molecule has 7 heteroatoms. The second kappa shape index (κ2) is 12.7. The molecule has 198 valence electrons. The van der Waals surface area contributed by atoms with Crippen molar-refractivity contribution in [3.8, 4) is 5.75 Å². The van der Waals surface area contributed by atoms with Crippen molar-refractivity contribution in [1.82, 2.24) is 9.80 Å². The van der Waals surface area contributed by atoms with E-state index in [0.29, 0.717) is 30.8 Å². The largest absolute Gasteiger partial charge is 0.490 e. The Balaban J connectivity index is 1.46. The van der Waals surface area contributed by atoms with Gasteiger partial charge in [-0.25, -0.2) is 0 Å². The van der Waals surface area contributed by atoms with Gasteiger partial charge in [-0.15, -0.1) is 0 Å². The average molecular weight is 499 g/mol. The molecule has 1 aliphatic heterocycles. The van der Waals surface area contributed by atoms with Crippen LogP contribution in [0.25, 0.3) is 0 Å². The molecule has 2 atom stereocenters. The predicted molar refractivity (Wildman–Crippen MR) is 139 cm³/mol. The summed E-state index contributed by atoms with van der Waals surface area (Å²) in [6.07, 6.45) is 6.48. The molecule has 0 unspecified atom stereocenters. The minimum Gasteiger partial charge on any atom is -0.490 e. The maximum Gasteiger partial charge on any atom is 0.257 e. The SMILES string of the molecule is CCc1ccc(CN2CCCCCc3cccc(C(=O)N(C)C4CCC4)c3OC[C@@H](O)[C@@H](O)CC2)o1. The van der Waals surface area contributed by atoms with Crippen molar-refractivity contribution in [2.24, 2.45) is 0 Å². The third kappa shape index (κ3) is 6.69. The van der Waals surface area contributed by atoms with Crippen LogP contribution < -0.4 is 4.74 Å². The van der Waals surface area contributed by atoms with Gasteiger partial charge in [0.1, 0.15) is 30.0 Å². The molecule has 2 heterocycles. The summed E-state index contributed by atoms with van der Waals surface area (Å²) in [5, 5.41) is 21.4. The summed E-state index contributed by atoms with van der Waals surface area (Å²) >= 11 is 0. The zero-order chi connectivity index (χ0) is 25.5. The zero-order valence-electron chi connectivity index (χ0n) is 21.8. The summed E-state index contributed by atoms with van der Waals surface area (Å²) in [4.78, 5) is 17.4. The van der Waals surface area contributed by atoms with Crippen molar-refractivity contribution < 1.29 is 24.2 Å². The third-order valence-corrected chi connectivity index (χ3v) is 7.72. The lowest BCUT2D eigenvalue weighted by atomic mass is 9.91. The monoisotopic (exact) mass is 498 g/mol. The Kier molecular flexibility index (Phi) is 9.46. The van der Waals surface area contributed by atoms with Gasteiger partial charge in [0.25, 0.3) is 5.91 Å². The number of amides is 1. The van der Waals surface area contributed by atoms with Gasteiger partial charge in [0.05, 0.1) is 18.2 Å². The van der Waals surface area contributed by atoms with Crippen molar-refractivity contribution in [2.45, 2.75) is 89.5 Å². The van der Waals surface area contributed by atoms with Crippen LogP contribution in [-0.2, 0) is 19.4 Å². The third-order valence-electron chi connectivity index (χ3n) is 7.72. The second-order valence-corrected chi connectivity index (χ2v) is 10.3. The summed E-state index contributed by atoms with van der Waals surface area (Å²) in [6, 6.07) is 10.1. The molecule has 1 fully saturated rings. The van der Waals surface area contributed by atoms with Crippen LogP contribution in [0.5, 0.6) is 5.75 Å². The molecule has 1 aliphatic carbocycles. The van der Waals surface area contributed by atoms with E-state index in [0.717, 1.165) is 75.0 Å². The number of aliphatic hydroxyl groups excluding tert-OH is 2. The average Bonchev–Trinajstić information content (AvgIpc) is 3.31. The lowest BCUT2D eigenvalue weighted by molar-refractivity contribution is -0.0167. The van der Waals surface area contributed by atoms with Crippen molar-refractivity contribution in [1.29, 1.82) is 0 Å². The molecule has 2 aromatic rings. The Morgan fingerprint density at radius 3 is 2.53 bits per heavy atom. The van der Waals surface area contributed by atoms with Crippen LogP contribution in [0.3, 0.4) is 0 Å². The quantitative estimate of drug-likeness (QED) is 0.643. The van der Waals surface area contributed by atoms with E-state index >= 15 is 0 Å². The number of para-hydroxylation sites is 1. The van der Waals surface area contributed by atoms with Crippen LogP contribution in [0.2, 0.25) is 0 Å². The maximum absolute atomic E-state index is 13.3. The summed E-state index contributed by atoms with van der Waals surface area (Å²) in [5.74, 6) is 2.44. The van der Waals surface area contributed by atoms with Gasteiger partial charge in [-0.3, -0.25) is 9.69 Å². The topological polar surface area (TPSA) is 86.4 Å². The fourth-order valence-corrected chi connectivity index (χ4v) is 5.05. The number of nitrogens with zero attached hydrogens (tertiary/aromatic N) is 2. The summed E-state index contributed by atoms with van der Waals surface area (Å²) in [5.41, 5.74) is 1.54. The Morgan fingerprint density at radius 2 is 1.81 bits per heavy atom. The van der Waals surface area contributed by atoms with Crippen molar-refractivity contribution in [3.63, 3.8) is 0 Å². The molecular formula is C29H42N2O5. The molecule has 1 saturated carbocycles. The second-order valence-electron chi connectivity index (χ2n) is 10.3. The summed E-state index contributed by atoms with van der Waals surface area (Å²) in [7, 11) is 1.87. The number of aliphatic hydroxyl groups is 2. The number of hydrogen-bond donors (Lipinski definition) is 2. The molecule has 4 rings (SSSR count). The Hall–Kier alpha value is -2.35. The van der Waals surface area contributed by atoms with Crippen LogP contribution in [0.15, 0.2) is 34.7 Å². The molecule has 2 N–H and O–H groups in total. The van der Waals surface area contributed by atoms with Crippen LogP contribution in [-0.4, -0.2) is 70.9 Å². The van der Waals surface area contributed by atoms with Gasteiger partial charge in [0.2, 0.25) is 0 Å². The predicted octanol–water partition coefficient (Wildman–Crippen LogP) is 4.19. The van der Waals surface area contributed by atoms with Gasteiger partial charge in [0, 0.05) is 26.1 Å². The highest BCUT2D eigenvalue weighted by atomic mass is 16.5. The highest BCUT2D eigenvalue weighted by Gasteiger charge is 2.29. The fourth-order valence-electron chi connectivity index (χ4n) is 5.05. The number of carbonyl (C=O) groups excluding carboxylic acids is 1. The molecule has 36 heavy (non-hydrogen) atoms. The first-order chi connectivity index (χ1) is 17.5. The highest BCUT2D eigenvalue weighted by Crippen LogP contribution is 2.31. The van der Waals surface area contributed by atoms with Crippen LogP contribution >= 0.6 is 0 Å². The van der Waals surface area contributed by atoms with E-state index in [-0.39, 0.29) is 18.6 Å². The van der Waals surface area contributed by atoms with Crippen molar-refractivity contribution in [3.05, 3.63) is 53.0 Å². The molecule has 2 aliphatic rings. The molecular weight excluding hydrogens is 456 g/mol. The Morgan fingerprint density at radius 1 is 1.00 bits per heavy atom. The molecule has 0 bridgehead atoms. The van der Waals surface area contributed by atoms with E-state index in [9.17, 15) is 15.0 Å². The first kappa shape index (κ1) is 26.7. The zero-order valence-corrected chi connectivity index (χ0v) is 21.8. The van der Waals surface area contributed by atoms with Gasteiger partial charge in [-0.2, -0.15) is 0 Å². The van der Waals surface area contributed by atoms with E-state index in [4.69, 9.17) is 9.15 Å². The molecule has 1 aromatic carbocycles. The van der Waals surface area contributed by atoms with E-state index in [1.54, 1.807) is 0 Å². The Labute approximate surface area is 215 Å². The number of benzene rings is 1. The number of fused-ring (bicyclic) bond motifs is 1. The fraction of sp³-hybridized carbons (Fsp3) is 0.621. The number of aryl methyl sites for hydroxylation is 2. The van der Waals surface area contributed by atoms with Gasteiger partial charge in [-0.05, 0) is 75.3 Å². The number of ether oxygens (including phenoxy) is 1. The molecule has 1 amide bonds.